The first-order chi connectivity index (χ1) is 16.6. The Balaban J connectivity index is 1.39. The van der Waals surface area contributed by atoms with Crippen molar-refractivity contribution in [3.05, 3.63) is 105 Å². The van der Waals surface area contributed by atoms with Crippen molar-refractivity contribution in [1.82, 2.24) is 0 Å². The third-order valence-electron chi connectivity index (χ3n) is 6.14. The van der Waals surface area contributed by atoms with Crippen LogP contribution < -0.4 is 10.3 Å². The average molecular weight is 500 g/mol. The van der Waals surface area contributed by atoms with Crippen LogP contribution in [0.15, 0.2) is 80.8 Å². The van der Waals surface area contributed by atoms with E-state index in [0.29, 0.717) is 17.3 Å². The molecule has 180 valence electrons. The number of rotatable bonds is 5. The fraction of sp³-hybridized carbons (Fsp3) is 0.192. The quantitative estimate of drug-likeness (QED) is 0.358. The molecular weight excluding hydrogens is 479 g/mol. The minimum absolute atomic E-state index is 0.0940. The lowest BCUT2D eigenvalue weighted by Gasteiger charge is -2.13. The van der Waals surface area contributed by atoms with Crippen LogP contribution in [-0.2, 0) is 35.5 Å². The summed E-state index contributed by atoms with van der Waals surface area (Å²) < 4.78 is 73.6. The van der Waals surface area contributed by atoms with E-state index in [2.05, 4.69) is 4.72 Å². The molecule has 0 bridgehead atoms. The molecule has 35 heavy (non-hydrogen) atoms. The van der Waals surface area contributed by atoms with Gasteiger partial charge in [0.15, 0.2) is 0 Å². The van der Waals surface area contributed by atoms with Crippen molar-refractivity contribution in [3.8, 4) is 0 Å². The Labute approximate surface area is 199 Å². The van der Waals surface area contributed by atoms with Gasteiger partial charge in [-0.2, -0.15) is 13.2 Å². The van der Waals surface area contributed by atoms with Crippen molar-refractivity contribution < 1.29 is 26.0 Å². The molecule has 1 aliphatic rings. The molecule has 0 aliphatic heterocycles. The Bertz CT molecular complexity index is 1590. The van der Waals surface area contributed by atoms with Crippen molar-refractivity contribution >= 4 is 26.7 Å². The lowest BCUT2D eigenvalue weighted by Crippen LogP contribution is -2.14. The lowest BCUT2D eigenvalue weighted by atomic mass is 10.0. The number of hydrogen-bond acceptors (Lipinski definition) is 4. The highest BCUT2D eigenvalue weighted by Crippen LogP contribution is 2.34. The van der Waals surface area contributed by atoms with E-state index in [1.54, 1.807) is 24.3 Å². The van der Waals surface area contributed by atoms with Crippen LogP contribution in [0.4, 0.5) is 18.9 Å². The Hall–Kier alpha value is -3.59. The summed E-state index contributed by atoms with van der Waals surface area (Å²) in [5.41, 5.74) is 1.79. The number of anilines is 1. The number of hydrogen-bond donors (Lipinski definition) is 1. The first-order valence-corrected chi connectivity index (χ1v) is 12.4. The van der Waals surface area contributed by atoms with Crippen molar-refractivity contribution in [2.24, 2.45) is 0 Å². The molecule has 0 unspecified atom stereocenters. The normalized spacial score (nSPS) is 13.7. The van der Waals surface area contributed by atoms with Crippen LogP contribution in [0.2, 0.25) is 0 Å². The van der Waals surface area contributed by atoms with Crippen LogP contribution in [0.1, 0.15) is 34.2 Å². The molecule has 0 radical (unpaired) electrons. The minimum atomic E-state index is -4.70. The topological polar surface area (TPSA) is 76.4 Å². The van der Waals surface area contributed by atoms with Crippen molar-refractivity contribution in [2.75, 3.05) is 4.72 Å². The molecule has 1 heterocycles. The Morgan fingerprint density at radius 2 is 1.66 bits per heavy atom. The third kappa shape index (κ3) is 4.68. The van der Waals surface area contributed by atoms with E-state index in [9.17, 15) is 26.4 Å². The van der Waals surface area contributed by atoms with Crippen LogP contribution >= 0.6 is 0 Å². The van der Waals surface area contributed by atoms with Gasteiger partial charge in [0, 0.05) is 11.5 Å². The molecule has 0 spiro atoms. The first-order valence-electron chi connectivity index (χ1n) is 11.0. The van der Waals surface area contributed by atoms with Crippen LogP contribution in [0, 0.1) is 0 Å². The van der Waals surface area contributed by atoms with Crippen LogP contribution in [0.25, 0.3) is 11.0 Å². The summed E-state index contributed by atoms with van der Waals surface area (Å²) in [6, 6.07) is 16.5. The molecule has 0 fully saturated rings. The molecule has 1 aliphatic carbocycles. The summed E-state index contributed by atoms with van der Waals surface area (Å²) in [6.45, 7) is 0. The van der Waals surface area contributed by atoms with E-state index < -0.39 is 27.4 Å². The van der Waals surface area contributed by atoms with Crippen LogP contribution in [-0.4, -0.2) is 8.42 Å². The monoisotopic (exact) mass is 499 g/mol. The van der Waals surface area contributed by atoms with Gasteiger partial charge in [0.1, 0.15) is 5.58 Å². The number of alkyl halides is 3. The van der Waals surface area contributed by atoms with E-state index in [-0.39, 0.29) is 22.3 Å². The van der Waals surface area contributed by atoms with Gasteiger partial charge in [-0.1, -0.05) is 30.3 Å². The van der Waals surface area contributed by atoms with Gasteiger partial charge < -0.3 is 4.42 Å². The van der Waals surface area contributed by atoms with Gasteiger partial charge in [-0.15, -0.1) is 0 Å². The summed E-state index contributed by atoms with van der Waals surface area (Å²) in [5.74, 6) is 0. The second-order valence-electron chi connectivity index (χ2n) is 8.53. The maximum absolute atomic E-state index is 13.4. The Morgan fingerprint density at radius 1 is 0.914 bits per heavy atom. The molecule has 0 saturated heterocycles. The number of halogens is 3. The van der Waals surface area contributed by atoms with Crippen molar-refractivity contribution in [3.63, 3.8) is 0 Å². The highest BCUT2D eigenvalue weighted by molar-refractivity contribution is 7.92. The molecule has 1 N–H and O–H groups in total. The molecule has 1 aromatic heterocycles. The number of benzene rings is 3. The number of sulfonamides is 1. The molecular formula is C26H20F3NO4S. The molecule has 4 aromatic rings. The van der Waals surface area contributed by atoms with Gasteiger partial charge in [0.2, 0.25) is 0 Å². The highest BCUT2D eigenvalue weighted by Gasteiger charge is 2.34. The number of fused-ring (bicyclic) bond motifs is 2. The van der Waals surface area contributed by atoms with E-state index in [1.165, 1.54) is 24.3 Å². The highest BCUT2D eigenvalue weighted by atomic mass is 32.2. The standard InChI is InChI=1S/C26H20F3NO4S/c27-26(28,29)22-15-25(31)34-24-12-9-17(14-21(22)24)13-16-7-10-19(11-8-16)35(32,33)30-23-6-2-4-18-3-1-5-20(18)23/h2,4,6-12,14-15,30H,1,3,5,13H2. The molecule has 5 rings (SSSR count). The molecule has 0 amide bonds. The van der Waals surface area contributed by atoms with Gasteiger partial charge in [0.25, 0.3) is 10.0 Å². The lowest BCUT2D eigenvalue weighted by molar-refractivity contribution is -0.136. The van der Waals surface area contributed by atoms with Gasteiger partial charge in [-0.25, -0.2) is 13.2 Å². The van der Waals surface area contributed by atoms with E-state index in [0.717, 1.165) is 36.0 Å². The van der Waals surface area contributed by atoms with Gasteiger partial charge in [-0.3, -0.25) is 4.72 Å². The SMILES string of the molecule is O=c1cc(C(F)(F)F)c2cc(Cc3ccc(S(=O)(=O)Nc4cccc5c4CCC5)cc3)ccc2o1. The Kier molecular flexibility index (Phi) is 5.67. The van der Waals surface area contributed by atoms with Crippen LogP contribution in [0.3, 0.4) is 0 Å². The minimum Gasteiger partial charge on any atom is -0.423 e. The summed E-state index contributed by atoms with van der Waals surface area (Å²) in [6.07, 6.45) is -1.67. The van der Waals surface area contributed by atoms with Crippen molar-refractivity contribution in [2.45, 2.75) is 36.8 Å². The zero-order valence-electron chi connectivity index (χ0n) is 18.4. The maximum Gasteiger partial charge on any atom is 0.417 e. The molecule has 5 nitrogen and oxygen atoms in total. The fourth-order valence-electron chi connectivity index (χ4n) is 4.50. The molecule has 3 aromatic carbocycles. The predicted molar refractivity (Wildman–Crippen MR) is 126 cm³/mol. The largest absolute Gasteiger partial charge is 0.423 e. The van der Waals surface area contributed by atoms with E-state index in [4.69, 9.17) is 4.42 Å². The summed E-state index contributed by atoms with van der Waals surface area (Å²) >= 11 is 0. The second kappa shape index (κ2) is 8.57. The van der Waals surface area contributed by atoms with Crippen molar-refractivity contribution in [1.29, 1.82) is 0 Å². The Morgan fingerprint density at radius 3 is 2.40 bits per heavy atom. The molecule has 0 saturated carbocycles. The van der Waals surface area contributed by atoms with Gasteiger partial charge in [0.05, 0.1) is 16.1 Å². The zero-order valence-corrected chi connectivity index (χ0v) is 19.2. The smallest absolute Gasteiger partial charge is 0.417 e. The summed E-state index contributed by atoms with van der Waals surface area (Å²) in [7, 11) is -3.80. The van der Waals surface area contributed by atoms with E-state index >= 15 is 0 Å². The number of nitrogens with one attached hydrogen (secondary N) is 1. The fourth-order valence-corrected chi connectivity index (χ4v) is 5.59. The maximum atomic E-state index is 13.4. The molecule has 9 heteroatoms. The summed E-state index contributed by atoms with van der Waals surface area (Å²) in [4.78, 5) is 11.6. The predicted octanol–water partition coefficient (Wildman–Crippen LogP) is 5.69. The number of aryl methyl sites for hydroxylation is 1. The van der Waals surface area contributed by atoms with E-state index in [1.807, 2.05) is 12.1 Å². The van der Waals surface area contributed by atoms with Gasteiger partial charge in [-0.05, 0) is 78.3 Å². The average Bonchev–Trinajstić information content (AvgIpc) is 3.28. The van der Waals surface area contributed by atoms with Crippen LogP contribution in [0.5, 0.6) is 0 Å². The molecule has 0 atom stereocenters. The summed E-state index contributed by atoms with van der Waals surface area (Å²) in [5, 5.41) is -0.201. The first kappa shape index (κ1) is 23.2. The third-order valence-corrected chi connectivity index (χ3v) is 7.53. The zero-order chi connectivity index (χ0) is 24.8. The van der Waals surface area contributed by atoms with Gasteiger partial charge >= 0.3 is 11.8 Å². The second-order valence-corrected chi connectivity index (χ2v) is 10.2.